The third kappa shape index (κ3) is 71.4. The molecule has 0 fully saturated rings. The monoisotopic (exact) mass is 1210 g/mol. The van der Waals surface area contributed by atoms with Gasteiger partial charge < -0.3 is 20.3 Å². The van der Waals surface area contributed by atoms with Crippen LogP contribution >= 0.6 is 0 Å². The fourth-order valence-electron chi connectivity index (χ4n) is 12.7. The SMILES string of the molecule is CCCCCCCC/C=C\CCCCCCCC(=O)OCCCCCCCCCCCCCCCCCCCCCCCCCCCCCCCCCCCCCCCCCC(=O)NC(CO)C(O)/C=C/CCCCCCCCCCCCCCC. The highest BCUT2D eigenvalue weighted by atomic mass is 16.5. The quantitative estimate of drug-likeness (QED) is 0.0320. The first-order valence-electron chi connectivity index (χ1n) is 39.6. The van der Waals surface area contributed by atoms with E-state index in [9.17, 15) is 19.8 Å². The Bertz CT molecular complexity index is 1350. The van der Waals surface area contributed by atoms with Crippen molar-refractivity contribution in [3.8, 4) is 0 Å². The smallest absolute Gasteiger partial charge is 0.305 e. The summed E-state index contributed by atoms with van der Waals surface area (Å²) in [6, 6.07) is -0.622. The van der Waals surface area contributed by atoms with Gasteiger partial charge in [0.2, 0.25) is 5.91 Å². The maximum absolute atomic E-state index is 12.5. The molecular formula is C80H155NO5. The van der Waals surface area contributed by atoms with E-state index in [1.807, 2.05) is 6.08 Å². The number of ether oxygens (including phenoxy) is 1. The second-order valence-corrected chi connectivity index (χ2v) is 27.4. The second-order valence-electron chi connectivity index (χ2n) is 27.4. The van der Waals surface area contributed by atoms with Crippen molar-refractivity contribution >= 4 is 11.9 Å². The van der Waals surface area contributed by atoms with Crippen molar-refractivity contribution in [3.63, 3.8) is 0 Å². The summed E-state index contributed by atoms with van der Waals surface area (Å²) in [6.45, 7) is 4.94. The topological polar surface area (TPSA) is 95.9 Å². The molecule has 0 aromatic rings. The van der Waals surface area contributed by atoms with Crippen LogP contribution in [0.5, 0.6) is 0 Å². The Hall–Kier alpha value is -1.66. The molecule has 0 spiro atoms. The van der Waals surface area contributed by atoms with Crippen LogP contribution in [0.3, 0.4) is 0 Å². The summed E-state index contributed by atoms with van der Waals surface area (Å²) < 4.78 is 5.50. The van der Waals surface area contributed by atoms with Crippen LogP contribution in [0.4, 0.5) is 0 Å². The van der Waals surface area contributed by atoms with E-state index in [2.05, 4.69) is 31.3 Å². The summed E-state index contributed by atoms with van der Waals surface area (Å²) in [4.78, 5) is 24.6. The highest BCUT2D eigenvalue weighted by molar-refractivity contribution is 5.76. The van der Waals surface area contributed by atoms with E-state index in [1.54, 1.807) is 6.08 Å². The first-order valence-corrected chi connectivity index (χ1v) is 39.6. The summed E-state index contributed by atoms with van der Waals surface area (Å²) in [5, 5.41) is 23.2. The molecule has 0 radical (unpaired) electrons. The van der Waals surface area contributed by atoms with Gasteiger partial charge in [-0.1, -0.05) is 404 Å². The van der Waals surface area contributed by atoms with E-state index in [4.69, 9.17) is 4.74 Å². The van der Waals surface area contributed by atoms with Crippen LogP contribution < -0.4 is 5.32 Å². The number of nitrogens with one attached hydrogen (secondary N) is 1. The molecular weight excluding hydrogens is 1050 g/mol. The van der Waals surface area contributed by atoms with Crippen molar-refractivity contribution in [1.29, 1.82) is 0 Å². The van der Waals surface area contributed by atoms with Crippen molar-refractivity contribution < 1.29 is 24.5 Å². The zero-order chi connectivity index (χ0) is 62.0. The summed E-state index contributed by atoms with van der Waals surface area (Å²) in [6.07, 6.45) is 97.5. The van der Waals surface area contributed by atoms with Gasteiger partial charge in [0.15, 0.2) is 0 Å². The Morgan fingerprint density at radius 2 is 0.547 bits per heavy atom. The van der Waals surface area contributed by atoms with Crippen LogP contribution in [0.25, 0.3) is 0 Å². The molecule has 2 atom stereocenters. The molecule has 86 heavy (non-hydrogen) atoms. The average Bonchev–Trinajstić information content (AvgIpc) is 3.54. The number of carbonyl (C=O) groups is 2. The van der Waals surface area contributed by atoms with Crippen molar-refractivity contribution in [2.45, 2.75) is 463 Å². The lowest BCUT2D eigenvalue weighted by atomic mass is 10.0. The van der Waals surface area contributed by atoms with E-state index >= 15 is 0 Å². The highest BCUT2D eigenvalue weighted by Crippen LogP contribution is 2.20. The van der Waals surface area contributed by atoms with E-state index in [1.165, 1.54) is 379 Å². The summed E-state index contributed by atoms with van der Waals surface area (Å²) in [5.74, 6) is -0.0421. The van der Waals surface area contributed by atoms with Crippen LogP contribution in [0.2, 0.25) is 0 Å². The third-order valence-electron chi connectivity index (χ3n) is 18.7. The van der Waals surface area contributed by atoms with Crippen molar-refractivity contribution in [3.05, 3.63) is 24.3 Å². The molecule has 0 aliphatic carbocycles. The number of unbranched alkanes of at least 4 members (excludes halogenated alkanes) is 62. The molecule has 0 saturated carbocycles. The Labute approximate surface area is 539 Å². The largest absolute Gasteiger partial charge is 0.466 e. The fraction of sp³-hybridized carbons (Fsp3) is 0.925. The minimum absolute atomic E-state index is 0.0167. The Balaban J connectivity index is 3.29. The lowest BCUT2D eigenvalue weighted by Crippen LogP contribution is -2.45. The number of amides is 1. The molecule has 0 aliphatic heterocycles. The number of carbonyl (C=O) groups excluding carboxylic acids is 2. The molecule has 0 saturated heterocycles. The molecule has 3 N–H and O–H groups in total. The number of esters is 1. The minimum Gasteiger partial charge on any atom is -0.466 e. The lowest BCUT2D eigenvalue weighted by molar-refractivity contribution is -0.143. The van der Waals surface area contributed by atoms with Crippen LogP contribution in [-0.2, 0) is 14.3 Å². The summed E-state index contributed by atoms with van der Waals surface area (Å²) >= 11 is 0. The van der Waals surface area contributed by atoms with Crippen molar-refractivity contribution in [2.24, 2.45) is 0 Å². The minimum atomic E-state index is -0.839. The number of aliphatic hydroxyl groups is 2. The van der Waals surface area contributed by atoms with Gasteiger partial charge in [-0.3, -0.25) is 9.59 Å². The van der Waals surface area contributed by atoms with E-state index in [0.717, 1.165) is 44.9 Å². The number of rotatable bonds is 75. The first kappa shape index (κ1) is 84.3. The van der Waals surface area contributed by atoms with Gasteiger partial charge in [0.05, 0.1) is 25.4 Å². The molecule has 510 valence electrons. The normalized spacial score (nSPS) is 12.6. The molecule has 0 rings (SSSR count). The highest BCUT2D eigenvalue weighted by Gasteiger charge is 2.18. The Morgan fingerprint density at radius 1 is 0.314 bits per heavy atom. The Morgan fingerprint density at radius 3 is 0.826 bits per heavy atom. The molecule has 0 aromatic heterocycles. The number of allylic oxidation sites excluding steroid dienone is 3. The summed E-state index contributed by atoms with van der Waals surface area (Å²) in [5.41, 5.74) is 0. The van der Waals surface area contributed by atoms with E-state index in [0.29, 0.717) is 19.4 Å². The van der Waals surface area contributed by atoms with Gasteiger partial charge >= 0.3 is 5.97 Å². The van der Waals surface area contributed by atoms with Crippen molar-refractivity contribution in [1.82, 2.24) is 5.32 Å². The first-order chi connectivity index (χ1) is 42.5. The molecule has 2 unspecified atom stereocenters. The van der Waals surface area contributed by atoms with Gasteiger partial charge in [0.1, 0.15) is 0 Å². The van der Waals surface area contributed by atoms with Gasteiger partial charge in [-0.05, 0) is 57.8 Å². The zero-order valence-electron chi connectivity index (χ0n) is 58.6. The second kappa shape index (κ2) is 75.8. The van der Waals surface area contributed by atoms with Crippen LogP contribution in [0, 0.1) is 0 Å². The summed E-state index contributed by atoms with van der Waals surface area (Å²) in [7, 11) is 0. The maximum Gasteiger partial charge on any atom is 0.305 e. The molecule has 0 aliphatic rings. The van der Waals surface area contributed by atoms with E-state index < -0.39 is 12.1 Å². The standard InChI is InChI=1S/C80H155NO5/c1-3-5-7-9-11-13-15-17-44-48-52-56-60-64-68-72-78(83)77(76-82)81-79(84)73-69-65-61-57-53-49-46-42-40-38-36-34-32-30-28-26-24-22-20-19-21-23-25-27-29-31-33-35-37-39-41-43-47-51-55-59-63-67-71-75-86-80(85)74-70-66-62-58-54-50-45-18-16-14-12-10-8-6-4-2/h18,45,68,72,77-78,82-83H,3-17,19-44,46-67,69-71,73-76H2,1-2H3,(H,81,84)/b45-18-,72-68+. The maximum atomic E-state index is 12.5. The molecule has 6 heteroatoms. The predicted molar refractivity (Wildman–Crippen MR) is 380 cm³/mol. The average molecular weight is 1210 g/mol. The predicted octanol–water partition coefficient (Wildman–Crippen LogP) is 26.0. The third-order valence-corrected chi connectivity index (χ3v) is 18.7. The van der Waals surface area contributed by atoms with Gasteiger partial charge in [-0.2, -0.15) is 0 Å². The Kier molecular flexibility index (Phi) is 74.3. The van der Waals surface area contributed by atoms with E-state index in [-0.39, 0.29) is 18.5 Å². The zero-order valence-corrected chi connectivity index (χ0v) is 58.6. The van der Waals surface area contributed by atoms with Gasteiger partial charge in [0.25, 0.3) is 0 Å². The molecule has 6 nitrogen and oxygen atoms in total. The number of hydrogen-bond acceptors (Lipinski definition) is 5. The van der Waals surface area contributed by atoms with Crippen LogP contribution in [0.1, 0.15) is 450 Å². The van der Waals surface area contributed by atoms with Crippen LogP contribution in [0.15, 0.2) is 24.3 Å². The van der Waals surface area contributed by atoms with Gasteiger partial charge in [-0.25, -0.2) is 0 Å². The van der Waals surface area contributed by atoms with Gasteiger partial charge in [-0.15, -0.1) is 0 Å². The molecule has 1 amide bonds. The lowest BCUT2D eigenvalue weighted by Gasteiger charge is -2.20. The molecule has 0 heterocycles. The van der Waals surface area contributed by atoms with Crippen molar-refractivity contribution in [2.75, 3.05) is 13.2 Å². The van der Waals surface area contributed by atoms with Crippen LogP contribution in [-0.4, -0.2) is 47.4 Å². The molecule has 0 aromatic carbocycles. The molecule has 0 bridgehead atoms. The number of hydrogen-bond donors (Lipinski definition) is 3. The van der Waals surface area contributed by atoms with Gasteiger partial charge in [0, 0.05) is 12.8 Å². The number of aliphatic hydroxyl groups excluding tert-OH is 2. The fourth-order valence-corrected chi connectivity index (χ4v) is 12.7.